The molecule has 1 heterocycles. The summed E-state index contributed by atoms with van der Waals surface area (Å²) in [6.07, 6.45) is 9.88. The maximum absolute atomic E-state index is 12.2. The third kappa shape index (κ3) is 3.73. The van der Waals surface area contributed by atoms with Gasteiger partial charge in [-0.25, -0.2) is 0 Å². The third-order valence-corrected chi connectivity index (χ3v) is 5.08. The Balaban J connectivity index is 1.67. The first-order valence-corrected chi connectivity index (χ1v) is 7.94. The van der Waals surface area contributed by atoms with Gasteiger partial charge in [0.15, 0.2) is 0 Å². The maximum Gasteiger partial charge on any atom is 0.222 e. The van der Waals surface area contributed by atoms with Crippen molar-refractivity contribution in [3.63, 3.8) is 0 Å². The summed E-state index contributed by atoms with van der Waals surface area (Å²) in [5, 5.41) is 0. The van der Waals surface area contributed by atoms with Crippen molar-refractivity contribution < 1.29 is 4.79 Å². The lowest BCUT2D eigenvalue weighted by molar-refractivity contribution is -0.133. The van der Waals surface area contributed by atoms with Crippen LogP contribution in [0, 0.1) is 17.8 Å². The Bertz CT molecular complexity index is 260. The van der Waals surface area contributed by atoms with Crippen LogP contribution in [0.1, 0.15) is 65.2 Å². The van der Waals surface area contributed by atoms with Crippen LogP contribution in [0.5, 0.6) is 0 Å². The van der Waals surface area contributed by atoms with Crippen LogP contribution in [0.25, 0.3) is 0 Å². The summed E-state index contributed by atoms with van der Waals surface area (Å²) in [5.41, 5.74) is 0. The van der Waals surface area contributed by atoms with Gasteiger partial charge < -0.3 is 4.90 Å². The largest absolute Gasteiger partial charge is 0.343 e. The van der Waals surface area contributed by atoms with E-state index in [1.54, 1.807) is 0 Å². The van der Waals surface area contributed by atoms with Crippen molar-refractivity contribution in [1.82, 2.24) is 4.90 Å². The highest BCUT2D eigenvalue weighted by molar-refractivity contribution is 5.76. The molecule has 0 bridgehead atoms. The number of carbonyl (C=O) groups is 1. The van der Waals surface area contributed by atoms with Gasteiger partial charge in [0.25, 0.3) is 0 Å². The molecule has 2 heteroatoms. The van der Waals surface area contributed by atoms with Crippen LogP contribution in [-0.2, 0) is 4.79 Å². The van der Waals surface area contributed by atoms with Crippen molar-refractivity contribution in [2.75, 3.05) is 13.1 Å². The molecule has 2 rings (SSSR count). The normalized spacial score (nSPS) is 22.9. The molecule has 0 N–H and O–H groups in total. The maximum atomic E-state index is 12.2. The van der Waals surface area contributed by atoms with Gasteiger partial charge in [0.1, 0.15) is 0 Å². The molecule has 1 aliphatic heterocycles. The Kier molecular flexibility index (Phi) is 5.08. The fourth-order valence-corrected chi connectivity index (χ4v) is 3.60. The van der Waals surface area contributed by atoms with Crippen molar-refractivity contribution in [2.45, 2.75) is 65.2 Å². The lowest BCUT2D eigenvalue weighted by Gasteiger charge is -2.34. The predicted molar refractivity (Wildman–Crippen MR) is 75.3 cm³/mol. The van der Waals surface area contributed by atoms with E-state index in [1.165, 1.54) is 38.5 Å². The zero-order valence-electron chi connectivity index (χ0n) is 12.2. The molecule has 0 aromatic carbocycles. The molecule has 2 nitrogen and oxygen atoms in total. The zero-order chi connectivity index (χ0) is 13.0. The molecule has 2 fully saturated rings. The Hall–Kier alpha value is -0.530. The monoisotopic (exact) mass is 251 g/mol. The fourth-order valence-electron chi connectivity index (χ4n) is 3.60. The minimum Gasteiger partial charge on any atom is -0.343 e. The molecule has 2 aliphatic rings. The lowest BCUT2D eigenvalue weighted by atomic mass is 9.86. The quantitative estimate of drug-likeness (QED) is 0.743. The van der Waals surface area contributed by atoms with Crippen molar-refractivity contribution >= 4 is 5.91 Å². The molecular weight excluding hydrogens is 222 g/mol. The number of hydrogen-bond acceptors (Lipinski definition) is 1. The van der Waals surface area contributed by atoms with Crippen LogP contribution in [0.15, 0.2) is 0 Å². The van der Waals surface area contributed by atoms with E-state index in [2.05, 4.69) is 18.7 Å². The minimum atomic E-state index is 0.420. The summed E-state index contributed by atoms with van der Waals surface area (Å²) in [5.74, 6) is 2.89. The predicted octanol–water partition coefficient (Wildman–Crippen LogP) is 3.85. The van der Waals surface area contributed by atoms with Gasteiger partial charge in [-0.3, -0.25) is 4.79 Å². The first kappa shape index (κ1) is 13.9. The number of rotatable bonds is 4. The number of likely N-dealkylation sites (tertiary alicyclic amines) is 1. The molecule has 0 atom stereocenters. The average molecular weight is 251 g/mol. The highest BCUT2D eigenvalue weighted by Crippen LogP contribution is 2.29. The molecule has 1 amide bonds. The van der Waals surface area contributed by atoms with E-state index in [9.17, 15) is 4.79 Å². The van der Waals surface area contributed by atoms with E-state index in [0.717, 1.165) is 43.7 Å². The Labute approximate surface area is 112 Å². The first-order chi connectivity index (χ1) is 8.66. The lowest BCUT2D eigenvalue weighted by Crippen LogP contribution is -2.39. The molecule has 1 aliphatic carbocycles. The van der Waals surface area contributed by atoms with Crippen LogP contribution in [-0.4, -0.2) is 23.9 Å². The molecule has 0 aromatic rings. The SMILES string of the molecule is CC(C)C1CCN(C(=O)CCC2CCCC2)CC1. The van der Waals surface area contributed by atoms with Gasteiger partial charge in [-0.2, -0.15) is 0 Å². The summed E-state index contributed by atoms with van der Waals surface area (Å²) in [7, 11) is 0. The number of hydrogen-bond donors (Lipinski definition) is 0. The fraction of sp³-hybridized carbons (Fsp3) is 0.938. The van der Waals surface area contributed by atoms with Gasteiger partial charge in [-0.05, 0) is 37.0 Å². The molecule has 0 spiro atoms. The van der Waals surface area contributed by atoms with Crippen LogP contribution < -0.4 is 0 Å². The second kappa shape index (κ2) is 6.58. The summed E-state index contributed by atoms with van der Waals surface area (Å²) >= 11 is 0. The molecule has 1 saturated heterocycles. The van der Waals surface area contributed by atoms with E-state index in [1.807, 2.05) is 0 Å². The van der Waals surface area contributed by atoms with Crippen LogP contribution in [0.4, 0.5) is 0 Å². The van der Waals surface area contributed by atoms with Gasteiger partial charge in [0.2, 0.25) is 5.91 Å². The van der Waals surface area contributed by atoms with Crippen LogP contribution in [0.3, 0.4) is 0 Å². The van der Waals surface area contributed by atoms with Crippen molar-refractivity contribution in [1.29, 1.82) is 0 Å². The number of nitrogens with zero attached hydrogens (tertiary/aromatic N) is 1. The van der Waals surface area contributed by atoms with Crippen molar-refractivity contribution in [3.8, 4) is 0 Å². The van der Waals surface area contributed by atoms with Gasteiger partial charge >= 0.3 is 0 Å². The summed E-state index contributed by atoms with van der Waals surface area (Å²) in [6.45, 7) is 6.63. The number of amides is 1. The van der Waals surface area contributed by atoms with Crippen molar-refractivity contribution in [3.05, 3.63) is 0 Å². The number of piperidine rings is 1. The molecule has 0 radical (unpaired) electrons. The average Bonchev–Trinajstić information content (AvgIpc) is 2.89. The van der Waals surface area contributed by atoms with E-state index >= 15 is 0 Å². The molecule has 0 unspecified atom stereocenters. The third-order valence-electron chi connectivity index (χ3n) is 5.08. The number of carbonyl (C=O) groups excluding carboxylic acids is 1. The van der Waals surface area contributed by atoms with Crippen LogP contribution in [0.2, 0.25) is 0 Å². The molecule has 18 heavy (non-hydrogen) atoms. The minimum absolute atomic E-state index is 0.420. The highest BCUT2D eigenvalue weighted by atomic mass is 16.2. The Morgan fingerprint density at radius 2 is 1.72 bits per heavy atom. The molecule has 104 valence electrons. The van der Waals surface area contributed by atoms with Crippen LogP contribution >= 0.6 is 0 Å². The first-order valence-electron chi connectivity index (χ1n) is 7.94. The molecule has 1 saturated carbocycles. The standard InChI is InChI=1S/C16H29NO/c1-13(2)15-9-11-17(12-10-15)16(18)8-7-14-5-3-4-6-14/h13-15H,3-12H2,1-2H3. The van der Waals surface area contributed by atoms with E-state index in [0.29, 0.717) is 5.91 Å². The smallest absolute Gasteiger partial charge is 0.222 e. The topological polar surface area (TPSA) is 20.3 Å². The van der Waals surface area contributed by atoms with E-state index in [-0.39, 0.29) is 0 Å². The van der Waals surface area contributed by atoms with E-state index < -0.39 is 0 Å². The second-order valence-electron chi connectivity index (χ2n) is 6.65. The Morgan fingerprint density at radius 3 is 2.28 bits per heavy atom. The van der Waals surface area contributed by atoms with Gasteiger partial charge in [-0.15, -0.1) is 0 Å². The van der Waals surface area contributed by atoms with Crippen molar-refractivity contribution in [2.24, 2.45) is 17.8 Å². The molecule has 0 aromatic heterocycles. The zero-order valence-corrected chi connectivity index (χ0v) is 12.2. The summed E-state index contributed by atoms with van der Waals surface area (Å²) in [4.78, 5) is 14.3. The summed E-state index contributed by atoms with van der Waals surface area (Å²) < 4.78 is 0. The van der Waals surface area contributed by atoms with Gasteiger partial charge in [-0.1, -0.05) is 39.5 Å². The second-order valence-corrected chi connectivity index (χ2v) is 6.65. The Morgan fingerprint density at radius 1 is 1.11 bits per heavy atom. The highest BCUT2D eigenvalue weighted by Gasteiger charge is 2.25. The summed E-state index contributed by atoms with van der Waals surface area (Å²) in [6, 6.07) is 0. The van der Waals surface area contributed by atoms with E-state index in [4.69, 9.17) is 0 Å². The van der Waals surface area contributed by atoms with Gasteiger partial charge in [0, 0.05) is 19.5 Å². The van der Waals surface area contributed by atoms with Gasteiger partial charge in [0.05, 0.1) is 0 Å². The molecular formula is C16H29NO.